The molecule has 2 aromatic rings. The average Bonchev–Trinajstić information content (AvgIpc) is 2.73. The van der Waals surface area contributed by atoms with E-state index in [4.69, 9.17) is 9.47 Å². The van der Waals surface area contributed by atoms with Gasteiger partial charge in [-0.2, -0.15) is 0 Å². The third-order valence-corrected chi connectivity index (χ3v) is 5.12. The molecule has 0 aliphatic carbocycles. The SMILES string of the molecule is COc1ccc(C)cc1NC(=O)[C@H](C)OC(=O)C[C@@H]1c2ccccc2C=CN1C(C)=O. The molecule has 31 heavy (non-hydrogen) atoms. The number of hydrogen-bond acceptors (Lipinski definition) is 5. The first-order valence-corrected chi connectivity index (χ1v) is 10.0. The van der Waals surface area contributed by atoms with Crippen molar-refractivity contribution in [3.8, 4) is 5.75 Å². The van der Waals surface area contributed by atoms with Crippen molar-refractivity contribution in [3.05, 3.63) is 65.4 Å². The molecular weight excluding hydrogens is 396 g/mol. The van der Waals surface area contributed by atoms with Gasteiger partial charge in [-0.25, -0.2) is 0 Å². The lowest BCUT2D eigenvalue weighted by molar-refractivity contribution is -0.154. The summed E-state index contributed by atoms with van der Waals surface area (Å²) in [6.45, 7) is 4.85. The summed E-state index contributed by atoms with van der Waals surface area (Å²) < 4.78 is 10.6. The second-order valence-corrected chi connectivity index (χ2v) is 7.42. The van der Waals surface area contributed by atoms with E-state index in [2.05, 4.69) is 5.32 Å². The maximum atomic E-state index is 12.6. The van der Waals surface area contributed by atoms with Crippen molar-refractivity contribution in [1.29, 1.82) is 0 Å². The molecule has 162 valence electrons. The molecule has 3 rings (SSSR count). The van der Waals surface area contributed by atoms with Crippen molar-refractivity contribution >= 4 is 29.5 Å². The fourth-order valence-corrected chi connectivity index (χ4v) is 3.52. The summed E-state index contributed by atoms with van der Waals surface area (Å²) >= 11 is 0. The molecule has 0 saturated heterocycles. The average molecular weight is 422 g/mol. The number of amides is 2. The molecular formula is C24H26N2O5. The maximum absolute atomic E-state index is 12.6. The lowest BCUT2D eigenvalue weighted by Crippen LogP contribution is -2.35. The fourth-order valence-electron chi connectivity index (χ4n) is 3.52. The topological polar surface area (TPSA) is 84.9 Å². The number of nitrogens with zero attached hydrogens (tertiary/aromatic N) is 1. The van der Waals surface area contributed by atoms with Gasteiger partial charge in [0.1, 0.15) is 5.75 Å². The number of esters is 1. The van der Waals surface area contributed by atoms with Crippen LogP contribution in [-0.4, -0.2) is 35.9 Å². The number of ether oxygens (including phenoxy) is 2. The van der Waals surface area contributed by atoms with Crippen molar-refractivity contribution in [2.24, 2.45) is 0 Å². The van der Waals surface area contributed by atoms with Crippen molar-refractivity contribution < 1.29 is 23.9 Å². The smallest absolute Gasteiger partial charge is 0.309 e. The summed E-state index contributed by atoms with van der Waals surface area (Å²) in [6.07, 6.45) is 2.43. The van der Waals surface area contributed by atoms with Crippen LogP contribution in [0.5, 0.6) is 5.75 Å². The molecule has 1 aliphatic rings. The first-order chi connectivity index (χ1) is 14.8. The van der Waals surface area contributed by atoms with Crippen molar-refractivity contribution in [1.82, 2.24) is 4.90 Å². The van der Waals surface area contributed by atoms with Gasteiger partial charge in [0, 0.05) is 13.1 Å². The summed E-state index contributed by atoms with van der Waals surface area (Å²) in [5.74, 6) is -0.703. The second-order valence-electron chi connectivity index (χ2n) is 7.42. The van der Waals surface area contributed by atoms with Gasteiger partial charge in [0.05, 0.1) is 25.3 Å². The molecule has 0 bridgehead atoms. The molecule has 0 saturated carbocycles. The molecule has 0 aromatic heterocycles. The van der Waals surface area contributed by atoms with Crippen molar-refractivity contribution in [3.63, 3.8) is 0 Å². The summed E-state index contributed by atoms with van der Waals surface area (Å²) in [7, 11) is 1.51. The van der Waals surface area contributed by atoms with E-state index in [1.54, 1.807) is 18.3 Å². The van der Waals surface area contributed by atoms with Crippen LogP contribution in [0.3, 0.4) is 0 Å². The highest BCUT2D eigenvalue weighted by Crippen LogP contribution is 2.33. The zero-order valence-electron chi connectivity index (χ0n) is 18.0. The fraction of sp³-hybridized carbons (Fsp3) is 0.292. The number of carbonyl (C=O) groups is 3. The van der Waals surface area contributed by atoms with Gasteiger partial charge in [-0.15, -0.1) is 0 Å². The van der Waals surface area contributed by atoms with E-state index in [1.807, 2.05) is 43.3 Å². The minimum Gasteiger partial charge on any atom is -0.495 e. The largest absolute Gasteiger partial charge is 0.495 e. The number of hydrogen-bond donors (Lipinski definition) is 1. The van der Waals surface area contributed by atoms with E-state index >= 15 is 0 Å². The van der Waals surface area contributed by atoms with Gasteiger partial charge < -0.3 is 19.7 Å². The molecule has 7 heteroatoms. The van der Waals surface area contributed by atoms with Crippen molar-refractivity contribution in [2.75, 3.05) is 12.4 Å². The van der Waals surface area contributed by atoms with E-state index in [-0.39, 0.29) is 12.3 Å². The molecule has 0 spiro atoms. The standard InChI is InChI=1S/C24H26N2O5/c1-15-9-10-22(30-4)20(13-15)25-24(29)16(2)31-23(28)14-21-19-8-6-5-7-18(19)11-12-26(21)17(3)27/h5-13,16,21H,14H2,1-4H3,(H,25,29)/t16-,21+/m0/s1. The number of fused-ring (bicyclic) bond motifs is 1. The lowest BCUT2D eigenvalue weighted by Gasteiger charge is -2.32. The Hall–Kier alpha value is -3.61. The highest BCUT2D eigenvalue weighted by Gasteiger charge is 2.30. The zero-order chi connectivity index (χ0) is 22.5. The number of carbonyl (C=O) groups excluding carboxylic acids is 3. The predicted octanol–water partition coefficient (Wildman–Crippen LogP) is 3.84. The van der Waals surface area contributed by atoms with Crippen LogP contribution in [0, 0.1) is 6.92 Å². The van der Waals surface area contributed by atoms with Crippen LogP contribution >= 0.6 is 0 Å². The first-order valence-electron chi connectivity index (χ1n) is 10.0. The first kappa shape index (κ1) is 22.1. The maximum Gasteiger partial charge on any atom is 0.309 e. The van der Waals surface area contributed by atoms with Crippen LogP contribution in [0.25, 0.3) is 6.08 Å². The Bertz CT molecular complexity index is 1030. The van der Waals surface area contributed by atoms with E-state index in [0.29, 0.717) is 11.4 Å². The normalized spacial score (nSPS) is 15.6. The molecule has 2 atom stereocenters. The minimum atomic E-state index is -1.02. The zero-order valence-corrected chi connectivity index (χ0v) is 18.0. The Kier molecular flexibility index (Phi) is 6.74. The van der Waals surface area contributed by atoms with Gasteiger partial charge in [-0.1, -0.05) is 30.3 Å². The van der Waals surface area contributed by atoms with Gasteiger partial charge in [0.25, 0.3) is 5.91 Å². The molecule has 2 amide bonds. The Balaban J connectivity index is 1.68. The minimum absolute atomic E-state index is 0.0632. The molecule has 0 unspecified atom stereocenters. The van der Waals surface area contributed by atoms with Gasteiger partial charge in [0.2, 0.25) is 5.91 Å². The third kappa shape index (κ3) is 5.12. The van der Waals surface area contributed by atoms with Crippen LogP contribution in [0.2, 0.25) is 0 Å². The number of aryl methyl sites for hydroxylation is 1. The summed E-state index contributed by atoms with van der Waals surface area (Å²) in [4.78, 5) is 38.8. The summed E-state index contributed by atoms with van der Waals surface area (Å²) in [6, 6.07) is 12.5. The van der Waals surface area contributed by atoms with E-state index < -0.39 is 24.0 Å². The lowest BCUT2D eigenvalue weighted by atomic mass is 9.94. The Morgan fingerprint density at radius 1 is 1.16 bits per heavy atom. The van der Waals surface area contributed by atoms with Gasteiger partial charge in [-0.3, -0.25) is 14.4 Å². The van der Waals surface area contributed by atoms with E-state index in [9.17, 15) is 14.4 Å². The highest BCUT2D eigenvalue weighted by molar-refractivity contribution is 5.96. The van der Waals surface area contributed by atoms with Crippen LogP contribution in [0.4, 0.5) is 5.69 Å². The van der Waals surface area contributed by atoms with Gasteiger partial charge in [0.15, 0.2) is 6.10 Å². The third-order valence-electron chi connectivity index (χ3n) is 5.12. The van der Waals surface area contributed by atoms with Crippen LogP contribution < -0.4 is 10.1 Å². The number of benzene rings is 2. The van der Waals surface area contributed by atoms with Crippen molar-refractivity contribution in [2.45, 2.75) is 39.3 Å². The van der Waals surface area contributed by atoms with Crippen LogP contribution in [0.15, 0.2) is 48.7 Å². The van der Waals surface area contributed by atoms with E-state index in [1.165, 1.54) is 25.9 Å². The van der Waals surface area contributed by atoms with Gasteiger partial charge >= 0.3 is 5.97 Å². The number of anilines is 1. The summed E-state index contributed by atoms with van der Waals surface area (Å²) in [5.41, 5.74) is 3.26. The molecule has 0 fully saturated rings. The number of methoxy groups -OCH3 is 1. The molecule has 1 heterocycles. The molecule has 2 aromatic carbocycles. The quantitative estimate of drug-likeness (QED) is 0.715. The Morgan fingerprint density at radius 3 is 2.61 bits per heavy atom. The van der Waals surface area contributed by atoms with Crippen LogP contribution in [-0.2, 0) is 19.1 Å². The molecule has 7 nitrogen and oxygen atoms in total. The number of nitrogens with one attached hydrogen (secondary N) is 1. The number of rotatable bonds is 6. The molecule has 0 radical (unpaired) electrons. The molecule has 1 aliphatic heterocycles. The summed E-state index contributed by atoms with van der Waals surface area (Å²) in [5, 5.41) is 2.74. The van der Waals surface area contributed by atoms with E-state index in [0.717, 1.165) is 16.7 Å². The molecule has 1 N–H and O–H groups in total. The second kappa shape index (κ2) is 9.47. The van der Waals surface area contributed by atoms with Crippen LogP contribution in [0.1, 0.15) is 43.0 Å². The van der Waals surface area contributed by atoms with Gasteiger partial charge in [-0.05, 0) is 48.7 Å². The monoisotopic (exact) mass is 422 g/mol. The predicted molar refractivity (Wildman–Crippen MR) is 117 cm³/mol. The Labute approximate surface area is 181 Å². The highest BCUT2D eigenvalue weighted by atomic mass is 16.5. The Morgan fingerprint density at radius 2 is 1.90 bits per heavy atom.